The lowest BCUT2D eigenvalue weighted by atomic mass is 10.1. The standard InChI is InChI=1S/C15H15FO2/c1-11(17)13-5-3-7-15(9-13)18-10-12-4-2-6-14(16)8-12/h2-9,11,17H,10H2,1H3/t11-/m0/s1. The van der Waals surface area contributed by atoms with E-state index < -0.39 is 6.10 Å². The summed E-state index contributed by atoms with van der Waals surface area (Å²) < 4.78 is 18.5. The minimum Gasteiger partial charge on any atom is -0.489 e. The molecule has 1 N–H and O–H groups in total. The van der Waals surface area contributed by atoms with Crippen LogP contribution in [0, 0.1) is 5.82 Å². The number of halogens is 1. The van der Waals surface area contributed by atoms with Gasteiger partial charge in [0.25, 0.3) is 0 Å². The van der Waals surface area contributed by atoms with Gasteiger partial charge in [0, 0.05) is 0 Å². The Morgan fingerprint density at radius 3 is 2.67 bits per heavy atom. The van der Waals surface area contributed by atoms with Gasteiger partial charge in [0.05, 0.1) is 6.10 Å². The van der Waals surface area contributed by atoms with Crippen molar-refractivity contribution in [2.45, 2.75) is 19.6 Å². The molecule has 0 aliphatic heterocycles. The summed E-state index contributed by atoms with van der Waals surface area (Å²) in [5.41, 5.74) is 1.57. The smallest absolute Gasteiger partial charge is 0.123 e. The lowest BCUT2D eigenvalue weighted by Crippen LogP contribution is -1.97. The predicted molar refractivity (Wildman–Crippen MR) is 67.8 cm³/mol. The molecule has 3 heteroatoms. The van der Waals surface area contributed by atoms with E-state index in [9.17, 15) is 9.50 Å². The summed E-state index contributed by atoms with van der Waals surface area (Å²) >= 11 is 0. The highest BCUT2D eigenvalue weighted by Gasteiger charge is 2.03. The SMILES string of the molecule is C[C@H](O)c1cccc(OCc2cccc(F)c2)c1. The van der Waals surface area contributed by atoms with Crippen molar-refractivity contribution in [3.05, 3.63) is 65.5 Å². The van der Waals surface area contributed by atoms with Gasteiger partial charge in [-0.25, -0.2) is 4.39 Å². The van der Waals surface area contributed by atoms with E-state index >= 15 is 0 Å². The summed E-state index contributed by atoms with van der Waals surface area (Å²) in [5, 5.41) is 9.46. The molecule has 2 nitrogen and oxygen atoms in total. The third-order valence-electron chi connectivity index (χ3n) is 2.64. The zero-order valence-electron chi connectivity index (χ0n) is 10.1. The lowest BCUT2D eigenvalue weighted by molar-refractivity contribution is 0.198. The molecule has 94 valence electrons. The van der Waals surface area contributed by atoms with Crippen LogP contribution in [0.1, 0.15) is 24.2 Å². The molecule has 0 aliphatic rings. The van der Waals surface area contributed by atoms with E-state index in [4.69, 9.17) is 4.74 Å². The molecule has 0 fully saturated rings. The molecule has 0 aliphatic carbocycles. The van der Waals surface area contributed by atoms with Crippen LogP contribution in [0.5, 0.6) is 5.75 Å². The summed E-state index contributed by atoms with van der Waals surface area (Å²) in [6.45, 7) is 2.01. The van der Waals surface area contributed by atoms with Crippen LogP contribution in [-0.4, -0.2) is 5.11 Å². The number of aliphatic hydroxyl groups is 1. The maximum Gasteiger partial charge on any atom is 0.123 e. The highest BCUT2D eigenvalue weighted by molar-refractivity contribution is 5.30. The van der Waals surface area contributed by atoms with E-state index in [1.165, 1.54) is 12.1 Å². The summed E-state index contributed by atoms with van der Waals surface area (Å²) in [4.78, 5) is 0. The molecule has 0 heterocycles. The molecular weight excluding hydrogens is 231 g/mol. The van der Waals surface area contributed by atoms with Crippen LogP contribution in [0.2, 0.25) is 0 Å². The first kappa shape index (κ1) is 12.6. The lowest BCUT2D eigenvalue weighted by Gasteiger charge is -2.09. The molecule has 0 saturated heterocycles. The molecule has 0 bridgehead atoms. The second-order valence-electron chi connectivity index (χ2n) is 4.17. The maximum atomic E-state index is 13.0. The normalized spacial score (nSPS) is 12.2. The van der Waals surface area contributed by atoms with Crippen molar-refractivity contribution >= 4 is 0 Å². The Bertz CT molecular complexity index is 523. The van der Waals surface area contributed by atoms with Gasteiger partial charge in [-0.05, 0) is 42.3 Å². The molecule has 0 spiro atoms. The Balaban J connectivity index is 2.04. The van der Waals surface area contributed by atoms with Crippen LogP contribution < -0.4 is 4.74 Å². The maximum absolute atomic E-state index is 13.0. The summed E-state index contributed by atoms with van der Waals surface area (Å²) in [6.07, 6.45) is -0.525. The van der Waals surface area contributed by atoms with Gasteiger partial charge in [-0.3, -0.25) is 0 Å². The average Bonchev–Trinajstić information content (AvgIpc) is 2.37. The third kappa shape index (κ3) is 3.31. The summed E-state index contributed by atoms with van der Waals surface area (Å²) in [7, 11) is 0. The molecule has 1 atom stereocenters. The number of benzene rings is 2. The first-order valence-electron chi connectivity index (χ1n) is 5.80. The first-order valence-corrected chi connectivity index (χ1v) is 5.80. The monoisotopic (exact) mass is 246 g/mol. The van der Waals surface area contributed by atoms with E-state index in [1.54, 1.807) is 19.1 Å². The number of rotatable bonds is 4. The van der Waals surface area contributed by atoms with Crippen molar-refractivity contribution < 1.29 is 14.2 Å². The zero-order chi connectivity index (χ0) is 13.0. The summed E-state index contributed by atoms with van der Waals surface area (Å²) in [5.74, 6) is 0.395. The van der Waals surface area contributed by atoms with Crippen molar-refractivity contribution in [3.8, 4) is 5.75 Å². The van der Waals surface area contributed by atoms with Crippen LogP contribution in [0.15, 0.2) is 48.5 Å². The van der Waals surface area contributed by atoms with Crippen molar-refractivity contribution in [3.63, 3.8) is 0 Å². The van der Waals surface area contributed by atoms with Gasteiger partial charge in [-0.15, -0.1) is 0 Å². The number of aliphatic hydroxyl groups excluding tert-OH is 1. The zero-order valence-corrected chi connectivity index (χ0v) is 10.1. The van der Waals surface area contributed by atoms with Gasteiger partial charge >= 0.3 is 0 Å². The van der Waals surface area contributed by atoms with Gasteiger partial charge in [0.1, 0.15) is 18.2 Å². The molecule has 0 aromatic heterocycles. The second kappa shape index (κ2) is 5.65. The molecule has 0 unspecified atom stereocenters. The molecule has 0 radical (unpaired) electrons. The molecule has 0 amide bonds. The summed E-state index contributed by atoms with van der Waals surface area (Å²) in [6, 6.07) is 13.6. The Kier molecular flexibility index (Phi) is 3.95. The highest BCUT2D eigenvalue weighted by Crippen LogP contribution is 2.19. The van der Waals surface area contributed by atoms with E-state index in [2.05, 4.69) is 0 Å². The Morgan fingerprint density at radius 2 is 1.94 bits per heavy atom. The molecule has 18 heavy (non-hydrogen) atoms. The van der Waals surface area contributed by atoms with E-state index in [1.807, 2.05) is 24.3 Å². The van der Waals surface area contributed by atoms with E-state index in [0.29, 0.717) is 12.4 Å². The minimum atomic E-state index is -0.525. The van der Waals surface area contributed by atoms with E-state index in [0.717, 1.165) is 11.1 Å². The third-order valence-corrected chi connectivity index (χ3v) is 2.64. The number of hydrogen-bond acceptors (Lipinski definition) is 2. The largest absolute Gasteiger partial charge is 0.489 e. The van der Waals surface area contributed by atoms with Crippen molar-refractivity contribution in [2.24, 2.45) is 0 Å². The Hall–Kier alpha value is -1.87. The average molecular weight is 246 g/mol. The Labute approximate surface area is 106 Å². The Morgan fingerprint density at radius 1 is 1.17 bits per heavy atom. The van der Waals surface area contributed by atoms with Gasteiger partial charge in [-0.1, -0.05) is 24.3 Å². The van der Waals surface area contributed by atoms with Gasteiger partial charge in [-0.2, -0.15) is 0 Å². The molecule has 2 aromatic carbocycles. The van der Waals surface area contributed by atoms with Gasteiger partial charge < -0.3 is 9.84 Å². The fourth-order valence-electron chi connectivity index (χ4n) is 1.66. The quantitative estimate of drug-likeness (QED) is 0.895. The van der Waals surface area contributed by atoms with Gasteiger partial charge in [0.15, 0.2) is 0 Å². The molecule has 0 saturated carbocycles. The van der Waals surface area contributed by atoms with Crippen molar-refractivity contribution in [1.29, 1.82) is 0 Å². The number of hydrogen-bond donors (Lipinski definition) is 1. The van der Waals surface area contributed by atoms with Crippen LogP contribution in [0.4, 0.5) is 4.39 Å². The topological polar surface area (TPSA) is 29.5 Å². The van der Waals surface area contributed by atoms with E-state index in [-0.39, 0.29) is 5.82 Å². The van der Waals surface area contributed by atoms with Crippen LogP contribution in [0.25, 0.3) is 0 Å². The van der Waals surface area contributed by atoms with Crippen molar-refractivity contribution in [1.82, 2.24) is 0 Å². The van der Waals surface area contributed by atoms with Crippen LogP contribution in [-0.2, 0) is 6.61 Å². The minimum absolute atomic E-state index is 0.270. The number of ether oxygens (including phenoxy) is 1. The second-order valence-corrected chi connectivity index (χ2v) is 4.17. The fourth-order valence-corrected chi connectivity index (χ4v) is 1.66. The van der Waals surface area contributed by atoms with Crippen LogP contribution in [0.3, 0.4) is 0 Å². The van der Waals surface area contributed by atoms with Crippen LogP contribution >= 0.6 is 0 Å². The molecular formula is C15H15FO2. The molecule has 2 aromatic rings. The first-order chi connectivity index (χ1) is 8.65. The highest BCUT2D eigenvalue weighted by atomic mass is 19.1. The fraction of sp³-hybridized carbons (Fsp3) is 0.200. The predicted octanol–water partition coefficient (Wildman–Crippen LogP) is 3.46. The molecule has 2 rings (SSSR count). The van der Waals surface area contributed by atoms with Crippen molar-refractivity contribution in [2.75, 3.05) is 0 Å². The van der Waals surface area contributed by atoms with Gasteiger partial charge in [0.2, 0.25) is 0 Å².